The molecule has 1 N–H and O–H groups in total. The van der Waals surface area contributed by atoms with Crippen LogP contribution in [0.1, 0.15) is 27.2 Å². The zero-order valence-electron chi connectivity index (χ0n) is 9.48. The summed E-state index contributed by atoms with van der Waals surface area (Å²) in [7, 11) is 0. The fourth-order valence-electron chi connectivity index (χ4n) is 0.765. The van der Waals surface area contributed by atoms with E-state index in [1.54, 1.807) is 20.8 Å². The van der Waals surface area contributed by atoms with E-state index in [9.17, 15) is 18.0 Å². The number of carbonyl (C=O) groups is 1. The first kappa shape index (κ1) is 15.0. The Labute approximate surface area is 92.1 Å². The second-order valence-corrected chi connectivity index (χ2v) is 4.08. The molecule has 0 aliphatic carbocycles. The molecule has 0 heterocycles. The third kappa shape index (κ3) is 11.1. The lowest BCUT2D eigenvalue weighted by atomic mass is 10.2. The van der Waals surface area contributed by atoms with Gasteiger partial charge < -0.3 is 10.1 Å². The highest BCUT2D eigenvalue weighted by atomic mass is 19.4. The van der Waals surface area contributed by atoms with Gasteiger partial charge in [0.2, 0.25) is 0 Å². The minimum absolute atomic E-state index is 0.0682. The number of alkyl halides is 3. The maximum Gasteiger partial charge on any atom is 0.522 e. The summed E-state index contributed by atoms with van der Waals surface area (Å²) in [6.45, 7) is 4.67. The Morgan fingerprint density at radius 3 is 2.25 bits per heavy atom. The molecule has 0 aromatic carbocycles. The molecule has 0 spiro atoms. The molecule has 0 radical (unpaired) electrons. The van der Waals surface area contributed by atoms with Crippen molar-refractivity contribution in [3.8, 4) is 0 Å². The molecule has 1 amide bonds. The molecule has 0 bridgehead atoms. The number of hydrogen-bond acceptors (Lipinski definition) is 3. The maximum absolute atomic E-state index is 11.5. The van der Waals surface area contributed by atoms with Gasteiger partial charge in [0.25, 0.3) is 0 Å². The van der Waals surface area contributed by atoms with E-state index < -0.39 is 24.7 Å². The SMILES string of the molecule is CC(C)(C)OC(=O)NCCCOC(F)(F)F. The summed E-state index contributed by atoms with van der Waals surface area (Å²) < 4.78 is 43.0. The third-order valence-corrected chi connectivity index (χ3v) is 1.26. The van der Waals surface area contributed by atoms with Crippen molar-refractivity contribution < 1.29 is 27.4 Å². The number of alkyl carbamates (subject to hydrolysis) is 1. The van der Waals surface area contributed by atoms with E-state index in [0.29, 0.717) is 0 Å². The Kier molecular flexibility index (Phi) is 5.57. The van der Waals surface area contributed by atoms with E-state index in [4.69, 9.17) is 4.74 Å². The van der Waals surface area contributed by atoms with Gasteiger partial charge in [-0.15, -0.1) is 13.2 Å². The average molecular weight is 243 g/mol. The molecule has 0 unspecified atom stereocenters. The Morgan fingerprint density at radius 2 is 1.81 bits per heavy atom. The van der Waals surface area contributed by atoms with Crippen LogP contribution < -0.4 is 5.32 Å². The lowest BCUT2D eigenvalue weighted by Crippen LogP contribution is -2.33. The number of carbonyl (C=O) groups excluding carboxylic acids is 1. The van der Waals surface area contributed by atoms with E-state index in [2.05, 4.69) is 10.1 Å². The monoisotopic (exact) mass is 243 g/mol. The van der Waals surface area contributed by atoms with Gasteiger partial charge in [0.05, 0.1) is 6.61 Å². The Bertz CT molecular complexity index is 223. The molecule has 96 valence electrons. The van der Waals surface area contributed by atoms with E-state index in [1.807, 2.05) is 0 Å². The minimum atomic E-state index is -4.62. The average Bonchev–Trinajstić information content (AvgIpc) is 1.97. The van der Waals surface area contributed by atoms with Crippen LogP contribution in [0.25, 0.3) is 0 Å². The van der Waals surface area contributed by atoms with Crippen LogP contribution in [0, 0.1) is 0 Å². The van der Waals surface area contributed by atoms with Crippen molar-refractivity contribution in [3.05, 3.63) is 0 Å². The van der Waals surface area contributed by atoms with Crippen molar-refractivity contribution in [2.45, 2.75) is 39.2 Å². The zero-order chi connectivity index (χ0) is 12.8. The molecular formula is C9H16F3NO3. The molecule has 0 fully saturated rings. The molecule has 0 saturated heterocycles. The van der Waals surface area contributed by atoms with Gasteiger partial charge in [0, 0.05) is 6.54 Å². The number of ether oxygens (including phenoxy) is 2. The second kappa shape index (κ2) is 5.93. The van der Waals surface area contributed by atoms with Gasteiger partial charge in [0.15, 0.2) is 0 Å². The van der Waals surface area contributed by atoms with Crippen LogP contribution in [-0.4, -0.2) is 31.2 Å². The summed E-state index contributed by atoms with van der Waals surface area (Å²) in [6.07, 6.45) is -5.20. The van der Waals surface area contributed by atoms with Crippen molar-refractivity contribution in [1.29, 1.82) is 0 Å². The van der Waals surface area contributed by atoms with Gasteiger partial charge in [-0.1, -0.05) is 0 Å². The van der Waals surface area contributed by atoms with Crippen molar-refractivity contribution in [2.24, 2.45) is 0 Å². The smallest absolute Gasteiger partial charge is 0.444 e. The molecule has 0 saturated carbocycles. The van der Waals surface area contributed by atoms with Crippen molar-refractivity contribution in [3.63, 3.8) is 0 Å². The van der Waals surface area contributed by atoms with E-state index in [-0.39, 0.29) is 13.0 Å². The summed E-state index contributed by atoms with van der Waals surface area (Å²) in [6, 6.07) is 0. The molecule has 0 aromatic rings. The topological polar surface area (TPSA) is 47.6 Å². The fourth-order valence-corrected chi connectivity index (χ4v) is 0.765. The molecule has 7 heteroatoms. The lowest BCUT2D eigenvalue weighted by molar-refractivity contribution is -0.324. The number of hydrogen-bond donors (Lipinski definition) is 1. The zero-order valence-corrected chi connectivity index (χ0v) is 9.48. The Hall–Kier alpha value is -0.980. The van der Waals surface area contributed by atoms with Crippen LogP contribution in [0.3, 0.4) is 0 Å². The summed E-state index contributed by atoms with van der Waals surface area (Å²) in [5.74, 6) is 0. The summed E-state index contributed by atoms with van der Waals surface area (Å²) in [5.41, 5.74) is -0.618. The molecule has 4 nitrogen and oxygen atoms in total. The second-order valence-electron chi connectivity index (χ2n) is 4.08. The molecular weight excluding hydrogens is 227 g/mol. The largest absolute Gasteiger partial charge is 0.522 e. The van der Waals surface area contributed by atoms with Crippen molar-refractivity contribution >= 4 is 6.09 Å². The van der Waals surface area contributed by atoms with Crippen LogP contribution in [0.5, 0.6) is 0 Å². The number of halogens is 3. The van der Waals surface area contributed by atoms with Crippen LogP contribution in [0.2, 0.25) is 0 Å². The predicted octanol–water partition coefficient (Wildman–Crippen LogP) is 2.44. The van der Waals surface area contributed by atoms with Gasteiger partial charge in [0.1, 0.15) is 5.60 Å². The molecule has 0 aliphatic rings. The molecule has 0 aromatic heterocycles. The van der Waals surface area contributed by atoms with Crippen LogP contribution in [-0.2, 0) is 9.47 Å². The molecule has 0 atom stereocenters. The first-order valence-corrected chi connectivity index (χ1v) is 4.78. The van der Waals surface area contributed by atoms with Crippen molar-refractivity contribution in [2.75, 3.05) is 13.2 Å². The molecule has 0 aliphatic heterocycles. The minimum Gasteiger partial charge on any atom is -0.444 e. The fraction of sp³-hybridized carbons (Fsp3) is 0.889. The predicted molar refractivity (Wildman–Crippen MR) is 50.9 cm³/mol. The molecule has 0 rings (SSSR count). The van der Waals surface area contributed by atoms with E-state index >= 15 is 0 Å². The molecule has 16 heavy (non-hydrogen) atoms. The number of rotatable bonds is 4. The first-order valence-electron chi connectivity index (χ1n) is 4.78. The highest BCUT2D eigenvalue weighted by Gasteiger charge is 2.28. The Morgan fingerprint density at radius 1 is 1.25 bits per heavy atom. The van der Waals surface area contributed by atoms with Crippen molar-refractivity contribution in [1.82, 2.24) is 5.32 Å². The Balaban J connectivity index is 3.50. The standard InChI is InChI=1S/C9H16F3NO3/c1-8(2,3)16-7(14)13-5-4-6-15-9(10,11)12/h4-6H2,1-3H3,(H,13,14). The van der Waals surface area contributed by atoms with Crippen LogP contribution in [0.4, 0.5) is 18.0 Å². The van der Waals surface area contributed by atoms with E-state index in [0.717, 1.165) is 0 Å². The van der Waals surface area contributed by atoms with Gasteiger partial charge in [-0.05, 0) is 27.2 Å². The normalized spacial score (nSPS) is 12.4. The van der Waals surface area contributed by atoms with E-state index in [1.165, 1.54) is 0 Å². The van der Waals surface area contributed by atoms with Crippen LogP contribution in [0.15, 0.2) is 0 Å². The maximum atomic E-state index is 11.5. The first-order chi connectivity index (χ1) is 7.10. The van der Waals surface area contributed by atoms with Gasteiger partial charge in [-0.2, -0.15) is 0 Å². The lowest BCUT2D eigenvalue weighted by Gasteiger charge is -2.19. The quantitative estimate of drug-likeness (QED) is 0.771. The highest BCUT2D eigenvalue weighted by Crippen LogP contribution is 2.15. The van der Waals surface area contributed by atoms with Gasteiger partial charge >= 0.3 is 12.5 Å². The number of nitrogens with one attached hydrogen (secondary N) is 1. The van der Waals surface area contributed by atoms with Gasteiger partial charge in [-0.3, -0.25) is 4.74 Å². The third-order valence-electron chi connectivity index (χ3n) is 1.26. The summed E-state index contributed by atoms with van der Waals surface area (Å²) in [5, 5.41) is 2.32. The van der Waals surface area contributed by atoms with Gasteiger partial charge in [-0.25, -0.2) is 4.79 Å². The summed E-state index contributed by atoms with van der Waals surface area (Å²) in [4.78, 5) is 11.0. The highest BCUT2D eigenvalue weighted by molar-refractivity contribution is 5.67. The van der Waals surface area contributed by atoms with Crippen LogP contribution >= 0.6 is 0 Å². The summed E-state index contributed by atoms with van der Waals surface area (Å²) >= 11 is 0. The number of amides is 1.